The van der Waals surface area contributed by atoms with Gasteiger partial charge >= 0.3 is 5.97 Å². The summed E-state index contributed by atoms with van der Waals surface area (Å²) in [5.74, 6) is 0.267. The lowest BCUT2D eigenvalue weighted by molar-refractivity contribution is -0.143. The first-order valence-corrected chi connectivity index (χ1v) is 6.25. The Bertz CT molecular complexity index is 263. The molecule has 0 saturated carbocycles. The maximum absolute atomic E-state index is 11.6. The lowest BCUT2D eigenvalue weighted by Crippen LogP contribution is -2.43. The van der Waals surface area contributed by atoms with Gasteiger partial charge in [-0.25, -0.2) is 0 Å². The number of ether oxygens (including phenoxy) is 2. The second-order valence-corrected chi connectivity index (χ2v) is 4.82. The third-order valence-corrected chi connectivity index (χ3v) is 2.81. The van der Waals surface area contributed by atoms with Crippen molar-refractivity contribution >= 4 is 5.97 Å². The molecule has 0 amide bonds. The monoisotopic (exact) mass is 241 g/mol. The third kappa shape index (κ3) is 5.22. The zero-order chi connectivity index (χ0) is 12.7. The first kappa shape index (κ1) is 14.0. The van der Waals surface area contributed by atoms with Crippen molar-refractivity contribution in [1.82, 2.24) is 5.32 Å². The molecule has 1 aliphatic heterocycles. The van der Waals surface area contributed by atoms with Crippen molar-refractivity contribution in [2.24, 2.45) is 5.92 Å². The topological polar surface area (TPSA) is 47.6 Å². The van der Waals surface area contributed by atoms with Gasteiger partial charge in [0.1, 0.15) is 12.1 Å². The molecule has 1 rings (SSSR count). The van der Waals surface area contributed by atoms with E-state index in [0.717, 1.165) is 19.3 Å². The second-order valence-electron chi connectivity index (χ2n) is 4.82. The van der Waals surface area contributed by atoms with E-state index in [1.54, 1.807) is 6.26 Å². The highest BCUT2D eigenvalue weighted by Crippen LogP contribution is 2.11. The van der Waals surface area contributed by atoms with Gasteiger partial charge < -0.3 is 14.8 Å². The number of carbonyl (C=O) groups excluding carboxylic acids is 1. The minimum Gasteiger partial charge on any atom is -0.497 e. The molecule has 1 heterocycles. The predicted octanol–water partition coefficient (Wildman–Crippen LogP) is 1.86. The number of carbonyl (C=O) groups is 1. The van der Waals surface area contributed by atoms with Crippen molar-refractivity contribution in [2.75, 3.05) is 13.7 Å². The van der Waals surface area contributed by atoms with Crippen LogP contribution in [0.2, 0.25) is 0 Å². The van der Waals surface area contributed by atoms with Gasteiger partial charge in [0.2, 0.25) is 0 Å². The van der Waals surface area contributed by atoms with E-state index in [0.29, 0.717) is 12.5 Å². The Morgan fingerprint density at radius 1 is 1.59 bits per heavy atom. The highest BCUT2D eigenvalue weighted by atomic mass is 16.5. The van der Waals surface area contributed by atoms with Crippen LogP contribution < -0.4 is 5.32 Å². The van der Waals surface area contributed by atoms with Crippen LogP contribution in [0.25, 0.3) is 0 Å². The summed E-state index contributed by atoms with van der Waals surface area (Å²) in [6.45, 7) is 4.88. The van der Waals surface area contributed by atoms with Gasteiger partial charge in [-0.15, -0.1) is 0 Å². The Morgan fingerprint density at radius 2 is 2.35 bits per heavy atom. The van der Waals surface area contributed by atoms with Crippen molar-refractivity contribution in [3.8, 4) is 0 Å². The van der Waals surface area contributed by atoms with E-state index in [2.05, 4.69) is 19.2 Å². The van der Waals surface area contributed by atoms with Crippen molar-refractivity contribution in [3.63, 3.8) is 0 Å². The van der Waals surface area contributed by atoms with Crippen molar-refractivity contribution in [2.45, 2.75) is 45.3 Å². The maximum atomic E-state index is 11.6. The summed E-state index contributed by atoms with van der Waals surface area (Å²) in [5, 5.41) is 3.24. The molecule has 17 heavy (non-hydrogen) atoms. The molecule has 0 fully saturated rings. The minimum atomic E-state index is -0.227. The minimum absolute atomic E-state index is 0.166. The van der Waals surface area contributed by atoms with Crippen LogP contribution in [-0.2, 0) is 14.3 Å². The molecule has 0 aromatic heterocycles. The number of rotatable bonds is 6. The number of hydrogen-bond donors (Lipinski definition) is 1. The molecular weight excluding hydrogens is 218 g/mol. The molecule has 4 heteroatoms. The van der Waals surface area contributed by atoms with Crippen LogP contribution in [0.3, 0.4) is 0 Å². The number of hydrogen-bond acceptors (Lipinski definition) is 4. The summed E-state index contributed by atoms with van der Waals surface area (Å²) in [4.78, 5) is 11.6. The standard InChI is InChI=1S/C13H23NO3/c1-10(2)8-12(13(15)16-3)14-9-11-6-4-5-7-17-11/h5,7,10-12,14H,4,6,8-9H2,1-3H3. The maximum Gasteiger partial charge on any atom is 0.322 e. The summed E-state index contributed by atoms with van der Waals surface area (Å²) in [5.41, 5.74) is 0. The Hall–Kier alpha value is -1.03. The fourth-order valence-corrected chi connectivity index (χ4v) is 1.89. The molecule has 0 radical (unpaired) electrons. The smallest absolute Gasteiger partial charge is 0.322 e. The van der Waals surface area contributed by atoms with Gasteiger partial charge in [0, 0.05) is 6.54 Å². The summed E-state index contributed by atoms with van der Waals surface area (Å²) >= 11 is 0. The number of allylic oxidation sites excluding steroid dienone is 1. The Morgan fingerprint density at radius 3 is 2.88 bits per heavy atom. The molecular formula is C13H23NO3. The predicted molar refractivity (Wildman–Crippen MR) is 66.5 cm³/mol. The third-order valence-electron chi connectivity index (χ3n) is 2.81. The molecule has 4 nitrogen and oxygen atoms in total. The average Bonchev–Trinajstić information content (AvgIpc) is 2.34. The van der Waals surface area contributed by atoms with E-state index in [-0.39, 0.29) is 18.1 Å². The molecule has 2 atom stereocenters. The molecule has 0 aromatic carbocycles. The van der Waals surface area contributed by atoms with E-state index in [9.17, 15) is 4.79 Å². The number of nitrogens with one attached hydrogen (secondary N) is 1. The molecule has 0 bridgehead atoms. The lowest BCUT2D eigenvalue weighted by Gasteiger charge is -2.23. The molecule has 98 valence electrons. The van der Waals surface area contributed by atoms with Gasteiger partial charge in [0.25, 0.3) is 0 Å². The Kier molecular flexibility index (Phi) is 6.05. The summed E-state index contributed by atoms with van der Waals surface area (Å²) < 4.78 is 10.2. The van der Waals surface area contributed by atoms with Crippen LogP contribution in [0.4, 0.5) is 0 Å². The number of esters is 1. The Labute approximate surface area is 103 Å². The molecule has 2 unspecified atom stereocenters. The van der Waals surface area contributed by atoms with E-state index in [1.165, 1.54) is 7.11 Å². The van der Waals surface area contributed by atoms with Gasteiger partial charge in [0.05, 0.1) is 13.4 Å². The summed E-state index contributed by atoms with van der Waals surface area (Å²) in [6.07, 6.45) is 6.75. The molecule has 1 aliphatic rings. The van der Waals surface area contributed by atoms with Crippen LogP contribution >= 0.6 is 0 Å². The first-order valence-electron chi connectivity index (χ1n) is 6.25. The zero-order valence-corrected chi connectivity index (χ0v) is 10.9. The fourth-order valence-electron chi connectivity index (χ4n) is 1.89. The molecule has 0 aromatic rings. The quantitative estimate of drug-likeness (QED) is 0.721. The average molecular weight is 241 g/mol. The largest absolute Gasteiger partial charge is 0.497 e. The number of methoxy groups -OCH3 is 1. The van der Waals surface area contributed by atoms with Crippen LogP contribution in [0.1, 0.15) is 33.1 Å². The van der Waals surface area contributed by atoms with Gasteiger partial charge in [-0.3, -0.25) is 4.79 Å². The normalized spacial score (nSPS) is 21.1. The highest BCUT2D eigenvalue weighted by molar-refractivity contribution is 5.75. The summed E-state index contributed by atoms with van der Waals surface area (Å²) in [6, 6.07) is -0.227. The zero-order valence-electron chi connectivity index (χ0n) is 10.9. The van der Waals surface area contributed by atoms with Gasteiger partial charge in [-0.05, 0) is 31.3 Å². The SMILES string of the molecule is COC(=O)C(CC(C)C)NCC1CCC=CO1. The van der Waals surface area contributed by atoms with Crippen molar-refractivity contribution in [1.29, 1.82) is 0 Å². The van der Waals surface area contributed by atoms with Crippen molar-refractivity contribution in [3.05, 3.63) is 12.3 Å². The lowest BCUT2D eigenvalue weighted by atomic mass is 10.0. The van der Waals surface area contributed by atoms with E-state index >= 15 is 0 Å². The molecule has 0 aliphatic carbocycles. The van der Waals surface area contributed by atoms with E-state index in [4.69, 9.17) is 9.47 Å². The Balaban J connectivity index is 2.37. The van der Waals surface area contributed by atoms with Crippen LogP contribution in [-0.4, -0.2) is 31.8 Å². The second kappa shape index (κ2) is 7.33. The van der Waals surface area contributed by atoms with E-state index in [1.807, 2.05) is 6.08 Å². The van der Waals surface area contributed by atoms with Crippen molar-refractivity contribution < 1.29 is 14.3 Å². The van der Waals surface area contributed by atoms with Crippen LogP contribution in [0.15, 0.2) is 12.3 Å². The van der Waals surface area contributed by atoms with Gasteiger partial charge in [0.15, 0.2) is 0 Å². The van der Waals surface area contributed by atoms with E-state index < -0.39 is 0 Å². The fraction of sp³-hybridized carbons (Fsp3) is 0.769. The summed E-state index contributed by atoms with van der Waals surface area (Å²) in [7, 11) is 1.43. The van der Waals surface area contributed by atoms with Gasteiger partial charge in [-0.1, -0.05) is 13.8 Å². The highest BCUT2D eigenvalue weighted by Gasteiger charge is 2.21. The van der Waals surface area contributed by atoms with Crippen LogP contribution in [0.5, 0.6) is 0 Å². The first-order chi connectivity index (χ1) is 8.13. The molecule has 0 saturated heterocycles. The van der Waals surface area contributed by atoms with Crippen LogP contribution in [0, 0.1) is 5.92 Å². The molecule has 0 spiro atoms. The van der Waals surface area contributed by atoms with Gasteiger partial charge in [-0.2, -0.15) is 0 Å². The molecule has 1 N–H and O–H groups in total.